The fourth-order valence-electron chi connectivity index (χ4n) is 1.59. The van der Waals surface area contributed by atoms with Gasteiger partial charge in [-0.2, -0.15) is 11.8 Å². The smallest absolute Gasteiger partial charge is 0.193 e. The van der Waals surface area contributed by atoms with Crippen molar-refractivity contribution in [3.63, 3.8) is 0 Å². The summed E-state index contributed by atoms with van der Waals surface area (Å²) < 4.78 is 1.11. The van der Waals surface area contributed by atoms with Crippen molar-refractivity contribution in [3.05, 3.63) is 34.3 Å². The molecule has 1 aromatic carbocycles. The van der Waals surface area contributed by atoms with Gasteiger partial charge in [-0.1, -0.05) is 28.1 Å². The molecule has 0 radical (unpaired) electrons. The summed E-state index contributed by atoms with van der Waals surface area (Å²) in [6, 6.07) is 8.37. The molecule has 0 aliphatic heterocycles. The zero-order chi connectivity index (χ0) is 13.4. The largest absolute Gasteiger partial charge is 0.355 e. The van der Waals surface area contributed by atoms with Gasteiger partial charge in [-0.3, -0.25) is 4.99 Å². The van der Waals surface area contributed by atoms with E-state index in [2.05, 4.69) is 68.7 Å². The third-order valence-corrected chi connectivity index (χ3v) is 3.64. The summed E-state index contributed by atoms with van der Waals surface area (Å²) in [6.07, 6.45) is 2.11. The maximum Gasteiger partial charge on any atom is 0.193 e. The fraction of sp³-hybridized carbons (Fsp3) is 0.462. The Hall–Kier alpha value is -0.680. The molecule has 0 fully saturated rings. The molecule has 0 amide bonds. The number of benzene rings is 1. The highest BCUT2D eigenvalue weighted by molar-refractivity contribution is 9.10. The zero-order valence-corrected chi connectivity index (χ0v) is 13.5. The van der Waals surface area contributed by atoms with E-state index in [0.29, 0.717) is 0 Å². The second kappa shape index (κ2) is 8.43. The van der Waals surface area contributed by atoms with Gasteiger partial charge < -0.3 is 10.2 Å². The highest BCUT2D eigenvalue weighted by atomic mass is 79.9. The molecule has 5 heteroatoms. The molecular formula is C13H20BrN3S. The molecule has 18 heavy (non-hydrogen) atoms. The molecule has 3 nitrogen and oxygen atoms in total. The standard InChI is InChI=1S/C13H20BrN3S/c1-15-13(16-8-9-18-3)17(2)10-11-4-6-12(14)7-5-11/h4-7H,8-10H2,1-3H3,(H,15,16). The topological polar surface area (TPSA) is 27.6 Å². The van der Waals surface area contributed by atoms with Gasteiger partial charge in [0, 0.05) is 37.4 Å². The van der Waals surface area contributed by atoms with Crippen molar-refractivity contribution in [3.8, 4) is 0 Å². The number of halogens is 1. The van der Waals surface area contributed by atoms with Crippen LogP contribution in [-0.2, 0) is 6.54 Å². The molecule has 1 rings (SSSR count). The van der Waals surface area contributed by atoms with Crippen molar-refractivity contribution >= 4 is 33.7 Å². The molecule has 0 heterocycles. The lowest BCUT2D eigenvalue weighted by molar-refractivity contribution is 0.479. The number of hydrogen-bond donors (Lipinski definition) is 1. The first-order valence-electron chi connectivity index (χ1n) is 5.82. The second-order valence-corrected chi connectivity index (χ2v) is 5.85. The van der Waals surface area contributed by atoms with Crippen molar-refractivity contribution in [2.45, 2.75) is 6.54 Å². The monoisotopic (exact) mass is 329 g/mol. The maximum absolute atomic E-state index is 4.29. The number of hydrogen-bond acceptors (Lipinski definition) is 2. The van der Waals surface area contributed by atoms with E-state index in [1.54, 1.807) is 0 Å². The van der Waals surface area contributed by atoms with Crippen molar-refractivity contribution in [2.75, 3.05) is 32.6 Å². The molecule has 0 aliphatic carbocycles. The van der Waals surface area contributed by atoms with Crippen molar-refractivity contribution in [2.24, 2.45) is 4.99 Å². The van der Waals surface area contributed by atoms with Gasteiger partial charge in [0.2, 0.25) is 0 Å². The van der Waals surface area contributed by atoms with Crippen LogP contribution in [0.4, 0.5) is 0 Å². The summed E-state index contributed by atoms with van der Waals surface area (Å²) in [4.78, 5) is 6.41. The summed E-state index contributed by atoms with van der Waals surface area (Å²) in [7, 11) is 3.87. The van der Waals surface area contributed by atoms with Crippen LogP contribution in [0.25, 0.3) is 0 Å². The van der Waals surface area contributed by atoms with Crippen LogP contribution in [0.3, 0.4) is 0 Å². The SMILES string of the molecule is CN=C(NCCSC)N(C)Cc1ccc(Br)cc1. The molecule has 0 saturated heterocycles. The van der Waals surface area contributed by atoms with E-state index in [4.69, 9.17) is 0 Å². The number of thioether (sulfide) groups is 1. The lowest BCUT2D eigenvalue weighted by Crippen LogP contribution is -2.39. The third kappa shape index (κ3) is 5.31. The minimum atomic E-state index is 0.853. The molecule has 100 valence electrons. The highest BCUT2D eigenvalue weighted by Gasteiger charge is 2.05. The van der Waals surface area contributed by atoms with Gasteiger partial charge in [0.1, 0.15) is 0 Å². The number of aliphatic imine (C=N–C) groups is 1. The Morgan fingerprint density at radius 3 is 2.61 bits per heavy atom. The lowest BCUT2D eigenvalue weighted by atomic mass is 10.2. The Balaban J connectivity index is 2.51. The van der Waals surface area contributed by atoms with Crippen molar-refractivity contribution in [1.82, 2.24) is 10.2 Å². The van der Waals surface area contributed by atoms with E-state index in [0.717, 1.165) is 29.3 Å². The molecule has 0 aliphatic rings. The minimum absolute atomic E-state index is 0.853. The maximum atomic E-state index is 4.29. The fourth-order valence-corrected chi connectivity index (χ4v) is 2.16. The van der Waals surface area contributed by atoms with Gasteiger partial charge in [-0.05, 0) is 24.0 Å². The Morgan fingerprint density at radius 2 is 2.06 bits per heavy atom. The predicted molar refractivity (Wildman–Crippen MR) is 85.4 cm³/mol. The molecule has 0 aromatic heterocycles. The molecule has 0 atom stereocenters. The summed E-state index contributed by atoms with van der Waals surface area (Å²) in [5.74, 6) is 2.03. The van der Waals surface area contributed by atoms with Gasteiger partial charge >= 0.3 is 0 Å². The number of nitrogens with zero attached hydrogens (tertiary/aromatic N) is 2. The van der Waals surface area contributed by atoms with Gasteiger partial charge in [0.25, 0.3) is 0 Å². The lowest BCUT2D eigenvalue weighted by Gasteiger charge is -2.22. The average molecular weight is 330 g/mol. The van der Waals surface area contributed by atoms with Crippen LogP contribution in [0.5, 0.6) is 0 Å². The van der Waals surface area contributed by atoms with Gasteiger partial charge in [-0.25, -0.2) is 0 Å². The Kier molecular flexibility index (Phi) is 7.20. The van der Waals surface area contributed by atoms with E-state index in [-0.39, 0.29) is 0 Å². The van der Waals surface area contributed by atoms with Gasteiger partial charge in [0.15, 0.2) is 5.96 Å². The summed E-state index contributed by atoms with van der Waals surface area (Å²) in [5, 5.41) is 3.35. The van der Waals surface area contributed by atoms with Gasteiger partial charge in [0.05, 0.1) is 0 Å². The number of nitrogens with one attached hydrogen (secondary N) is 1. The summed E-state index contributed by atoms with van der Waals surface area (Å²) in [5.41, 5.74) is 1.27. The first-order valence-corrected chi connectivity index (χ1v) is 8.01. The van der Waals surface area contributed by atoms with Crippen LogP contribution in [0.15, 0.2) is 33.7 Å². The van der Waals surface area contributed by atoms with E-state index < -0.39 is 0 Å². The van der Waals surface area contributed by atoms with Gasteiger partial charge in [-0.15, -0.1) is 0 Å². The molecule has 0 saturated carbocycles. The molecule has 0 bridgehead atoms. The Morgan fingerprint density at radius 1 is 1.39 bits per heavy atom. The van der Waals surface area contributed by atoms with Crippen LogP contribution in [0, 0.1) is 0 Å². The van der Waals surface area contributed by atoms with Crippen molar-refractivity contribution in [1.29, 1.82) is 0 Å². The first kappa shape index (κ1) is 15.4. The average Bonchev–Trinajstić information content (AvgIpc) is 2.37. The molecular weight excluding hydrogens is 310 g/mol. The minimum Gasteiger partial charge on any atom is -0.355 e. The number of rotatable bonds is 5. The third-order valence-electron chi connectivity index (χ3n) is 2.50. The Bertz CT molecular complexity index is 378. The quantitative estimate of drug-likeness (QED) is 0.511. The highest BCUT2D eigenvalue weighted by Crippen LogP contribution is 2.11. The van der Waals surface area contributed by atoms with Crippen LogP contribution in [0.2, 0.25) is 0 Å². The summed E-state index contributed by atoms with van der Waals surface area (Å²) >= 11 is 5.27. The zero-order valence-electron chi connectivity index (χ0n) is 11.1. The molecule has 0 spiro atoms. The van der Waals surface area contributed by atoms with E-state index in [1.807, 2.05) is 18.8 Å². The van der Waals surface area contributed by atoms with Crippen LogP contribution < -0.4 is 5.32 Å². The molecule has 1 aromatic rings. The molecule has 1 N–H and O–H groups in total. The van der Waals surface area contributed by atoms with Crippen molar-refractivity contribution < 1.29 is 0 Å². The summed E-state index contributed by atoms with van der Waals surface area (Å²) in [6.45, 7) is 1.80. The first-order chi connectivity index (χ1) is 8.67. The van der Waals surface area contributed by atoms with E-state index in [9.17, 15) is 0 Å². The Labute approximate surface area is 122 Å². The number of guanidine groups is 1. The van der Waals surface area contributed by atoms with E-state index in [1.165, 1.54) is 5.56 Å². The van der Waals surface area contributed by atoms with Crippen LogP contribution in [0.1, 0.15) is 5.56 Å². The normalized spacial score (nSPS) is 11.4. The van der Waals surface area contributed by atoms with Crippen LogP contribution >= 0.6 is 27.7 Å². The van der Waals surface area contributed by atoms with Crippen LogP contribution in [-0.4, -0.2) is 43.5 Å². The van der Waals surface area contributed by atoms with E-state index >= 15 is 0 Å². The predicted octanol–water partition coefficient (Wildman–Crippen LogP) is 2.82. The molecule has 0 unspecified atom stereocenters. The second-order valence-electron chi connectivity index (χ2n) is 3.95.